The molecule has 36 heavy (non-hydrogen) atoms. The first-order valence-corrected chi connectivity index (χ1v) is 14.3. The highest BCUT2D eigenvalue weighted by Gasteiger charge is 2.13. The van der Waals surface area contributed by atoms with Crippen LogP contribution >= 0.6 is 63.7 Å². The molecule has 1 heterocycles. The SMILES string of the molecule is CCOc1cc(C=Nn2c(CC)nc3ccc(Br)cc3c2=O)c(Br)cc1OCc1ccc(Br)cc1Br. The maximum Gasteiger partial charge on any atom is 0.282 e. The molecule has 1 aromatic heterocycles. The first kappa shape index (κ1) is 27.0. The lowest BCUT2D eigenvalue weighted by atomic mass is 10.2. The fourth-order valence-corrected chi connectivity index (χ4v) is 5.44. The number of benzene rings is 3. The maximum absolute atomic E-state index is 13.2. The van der Waals surface area contributed by atoms with E-state index in [4.69, 9.17) is 9.47 Å². The van der Waals surface area contributed by atoms with Gasteiger partial charge in [-0.3, -0.25) is 4.79 Å². The van der Waals surface area contributed by atoms with E-state index >= 15 is 0 Å². The second-order valence-corrected chi connectivity index (χ2v) is 11.2. The quantitative estimate of drug-likeness (QED) is 0.173. The molecule has 4 aromatic rings. The van der Waals surface area contributed by atoms with Crippen LogP contribution in [-0.2, 0) is 13.0 Å². The Morgan fingerprint density at radius 3 is 2.36 bits per heavy atom. The third-order valence-electron chi connectivity index (χ3n) is 5.27. The molecule has 0 saturated heterocycles. The molecule has 10 heteroatoms. The summed E-state index contributed by atoms with van der Waals surface area (Å²) in [5.74, 6) is 1.76. The number of nitrogens with zero attached hydrogens (tertiary/aromatic N) is 3. The molecule has 0 aliphatic carbocycles. The zero-order valence-electron chi connectivity index (χ0n) is 19.4. The van der Waals surface area contributed by atoms with Crippen LogP contribution in [0, 0.1) is 0 Å². The van der Waals surface area contributed by atoms with Crippen LogP contribution in [0.4, 0.5) is 0 Å². The number of rotatable bonds is 8. The number of hydrogen-bond donors (Lipinski definition) is 0. The van der Waals surface area contributed by atoms with E-state index in [1.807, 2.05) is 56.3 Å². The molecule has 186 valence electrons. The minimum Gasteiger partial charge on any atom is -0.490 e. The molecule has 0 saturated carbocycles. The van der Waals surface area contributed by atoms with Gasteiger partial charge in [0.2, 0.25) is 0 Å². The van der Waals surface area contributed by atoms with Gasteiger partial charge in [0.25, 0.3) is 5.56 Å². The summed E-state index contributed by atoms with van der Waals surface area (Å²) in [5, 5.41) is 4.99. The average molecular weight is 743 g/mol. The number of aromatic nitrogens is 2. The average Bonchev–Trinajstić information content (AvgIpc) is 2.85. The summed E-state index contributed by atoms with van der Waals surface area (Å²) >= 11 is 14.1. The lowest BCUT2D eigenvalue weighted by molar-refractivity contribution is 0.268. The first-order valence-electron chi connectivity index (χ1n) is 11.1. The molecule has 0 bridgehead atoms. The monoisotopic (exact) mass is 739 g/mol. The van der Waals surface area contributed by atoms with Gasteiger partial charge < -0.3 is 9.47 Å². The molecular weight excluding hydrogens is 722 g/mol. The van der Waals surface area contributed by atoms with Crippen LogP contribution in [0.2, 0.25) is 0 Å². The maximum atomic E-state index is 13.2. The predicted octanol–water partition coefficient (Wildman–Crippen LogP) is 7.87. The Balaban J connectivity index is 1.68. The predicted molar refractivity (Wildman–Crippen MR) is 158 cm³/mol. The molecule has 0 spiro atoms. The van der Waals surface area contributed by atoms with Crippen molar-refractivity contribution < 1.29 is 9.47 Å². The summed E-state index contributed by atoms with van der Waals surface area (Å²) in [5.41, 5.74) is 2.16. The minimum atomic E-state index is -0.226. The highest BCUT2D eigenvalue weighted by Crippen LogP contribution is 2.34. The van der Waals surface area contributed by atoms with Crippen LogP contribution in [0.5, 0.6) is 11.5 Å². The summed E-state index contributed by atoms with van der Waals surface area (Å²) in [4.78, 5) is 17.8. The normalized spacial score (nSPS) is 11.4. The van der Waals surface area contributed by atoms with Crippen molar-refractivity contribution in [3.8, 4) is 11.5 Å². The van der Waals surface area contributed by atoms with Gasteiger partial charge in [-0.15, -0.1) is 0 Å². The topological polar surface area (TPSA) is 65.7 Å². The van der Waals surface area contributed by atoms with Crippen molar-refractivity contribution in [3.63, 3.8) is 0 Å². The number of aryl methyl sites for hydroxylation is 1. The molecule has 0 fully saturated rings. The zero-order chi connectivity index (χ0) is 25.8. The van der Waals surface area contributed by atoms with Gasteiger partial charge in [0.15, 0.2) is 11.5 Å². The van der Waals surface area contributed by atoms with Gasteiger partial charge in [-0.25, -0.2) is 4.98 Å². The molecular formula is C26H21Br4N3O3. The number of ether oxygens (including phenoxy) is 2. The van der Waals surface area contributed by atoms with Crippen LogP contribution in [0.15, 0.2) is 76.3 Å². The van der Waals surface area contributed by atoms with Crippen molar-refractivity contribution in [2.75, 3.05) is 6.61 Å². The molecule has 0 radical (unpaired) electrons. The molecule has 0 aliphatic rings. The van der Waals surface area contributed by atoms with E-state index in [-0.39, 0.29) is 5.56 Å². The Morgan fingerprint density at radius 2 is 1.64 bits per heavy atom. The van der Waals surface area contributed by atoms with Crippen LogP contribution in [0.1, 0.15) is 30.8 Å². The summed E-state index contributed by atoms with van der Waals surface area (Å²) in [6, 6.07) is 15.1. The molecule has 0 aliphatic heterocycles. The van der Waals surface area contributed by atoms with Crippen molar-refractivity contribution >= 4 is 80.8 Å². The second-order valence-electron chi connectivity index (χ2n) is 7.68. The Kier molecular flexibility index (Phi) is 9.03. The van der Waals surface area contributed by atoms with Crippen LogP contribution in [0.3, 0.4) is 0 Å². The number of hydrogen-bond acceptors (Lipinski definition) is 5. The largest absolute Gasteiger partial charge is 0.490 e. The summed E-state index contributed by atoms with van der Waals surface area (Å²) in [7, 11) is 0. The zero-order valence-corrected chi connectivity index (χ0v) is 25.7. The Bertz CT molecular complexity index is 1520. The third-order valence-corrected chi connectivity index (χ3v) is 7.68. The molecule has 4 rings (SSSR count). The Labute approximate surface area is 242 Å². The van der Waals surface area contributed by atoms with E-state index < -0.39 is 0 Å². The smallest absolute Gasteiger partial charge is 0.282 e. The fourth-order valence-electron chi connectivity index (χ4n) is 3.49. The summed E-state index contributed by atoms with van der Waals surface area (Å²) in [6.45, 7) is 4.69. The molecule has 0 unspecified atom stereocenters. The van der Waals surface area contributed by atoms with E-state index in [2.05, 4.69) is 73.8 Å². The van der Waals surface area contributed by atoms with E-state index in [1.54, 1.807) is 12.3 Å². The van der Waals surface area contributed by atoms with Crippen LogP contribution < -0.4 is 15.0 Å². The summed E-state index contributed by atoms with van der Waals surface area (Å²) in [6.07, 6.45) is 2.18. The van der Waals surface area contributed by atoms with Crippen LogP contribution in [-0.4, -0.2) is 22.5 Å². The molecule has 6 nitrogen and oxygen atoms in total. The van der Waals surface area contributed by atoms with Gasteiger partial charge in [0.05, 0.1) is 23.7 Å². The second kappa shape index (κ2) is 12.0. The van der Waals surface area contributed by atoms with Crippen LogP contribution in [0.25, 0.3) is 10.9 Å². The standard InChI is InChI=1S/C26H21Br4N3O3/c1-3-25-32-22-8-7-17(27)10-19(22)26(34)33(25)31-13-16-9-23(35-4-2)24(12-21(16)30)36-14-15-5-6-18(28)11-20(15)29/h5-13H,3-4,14H2,1-2H3. The van der Waals surface area contributed by atoms with Crippen molar-refractivity contribution in [1.82, 2.24) is 9.66 Å². The molecule has 3 aromatic carbocycles. The van der Waals surface area contributed by atoms with Crippen molar-refractivity contribution in [2.24, 2.45) is 5.10 Å². The summed E-state index contributed by atoms with van der Waals surface area (Å²) < 4.78 is 16.8. The van der Waals surface area contributed by atoms with Gasteiger partial charge in [-0.05, 0) is 65.3 Å². The molecule has 0 atom stereocenters. The van der Waals surface area contributed by atoms with E-state index in [0.29, 0.717) is 47.9 Å². The lowest BCUT2D eigenvalue weighted by Gasteiger charge is -2.15. The van der Waals surface area contributed by atoms with E-state index in [1.165, 1.54) is 4.68 Å². The number of fused-ring (bicyclic) bond motifs is 1. The first-order chi connectivity index (χ1) is 17.3. The van der Waals surface area contributed by atoms with Crippen molar-refractivity contribution in [3.05, 3.63) is 93.7 Å². The minimum absolute atomic E-state index is 0.226. The number of halogens is 4. The molecule has 0 N–H and O–H groups in total. The van der Waals surface area contributed by atoms with Gasteiger partial charge in [-0.2, -0.15) is 9.78 Å². The van der Waals surface area contributed by atoms with Crippen molar-refractivity contribution in [1.29, 1.82) is 0 Å². The lowest BCUT2D eigenvalue weighted by Crippen LogP contribution is -2.22. The fraction of sp³-hybridized carbons (Fsp3) is 0.192. The van der Waals surface area contributed by atoms with Gasteiger partial charge in [-0.1, -0.05) is 60.8 Å². The van der Waals surface area contributed by atoms with Crippen molar-refractivity contribution in [2.45, 2.75) is 26.9 Å². The van der Waals surface area contributed by atoms with Gasteiger partial charge in [0, 0.05) is 35.4 Å². The Morgan fingerprint density at radius 1 is 0.917 bits per heavy atom. The Hall–Kier alpha value is -2.01. The highest BCUT2D eigenvalue weighted by molar-refractivity contribution is 9.11. The molecule has 0 amide bonds. The van der Waals surface area contributed by atoms with Gasteiger partial charge in [0.1, 0.15) is 12.4 Å². The third kappa shape index (κ3) is 6.10. The van der Waals surface area contributed by atoms with E-state index in [9.17, 15) is 4.79 Å². The highest BCUT2D eigenvalue weighted by atomic mass is 79.9. The van der Waals surface area contributed by atoms with E-state index in [0.717, 1.165) is 29.0 Å². The van der Waals surface area contributed by atoms with Gasteiger partial charge >= 0.3 is 0 Å².